The Kier molecular flexibility index (Phi) is 6.32. The van der Waals surface area contributed by atoms with Crippen LogP contribution in [0, 0.1) is 0 Å². The van der Waals surface area contributed by atoms with Gasteiger partial charge in [0.25, 0.3) is 0 Å². The van der Waals surface area contributed by atoms with Gasteiger partial charge in [0, 0.05) is 32.7 Å². The van der Waals surface area contributed by atoms with Crippen LogP contribution >= 0.6 is 0 Å². The van der Waals surface area contributed by atoms with Gasteiger partial charge >= 0.3 is 0 Å². The van der Waals surface area contributed by atoms with E-state index in [9.17, 15) is 0 Å². The molecule has 0 saturated heterocycles. The van der Waals surface area contributed by atoms with Gasteiger partial charge in [0.15, 0.2) is 0 Å². The lowest BCUT2D eigenvalue weighted by molar-refractivity contribution is 0.670. The van der Waals surface area contributed by atoms with E-state index in [1.54, 1.807) is 0 Å². The molecule has 0 atom stereocenters. The Labute approximate surface area is 343 Å². The van der Waals surface area contributed by atoms with E-state index < -0.39 is 0 Å². The number of furan rings is 2. The zero-order valence-corrected chi connectivity index (χ0v) is 32.3. The highest BCUT2D eigenvalue weighted by Crippen LogP contribution is 2.49. The molecular weight excluding hydrogens is 729 g/mol. The summed E-state index contributed by atoms with van der Waals surface area (Å²) in [4.78, 5) is 0. The van der Waals surface area contributed by atoms with Gasteiger partial charge in [-0.25, -0.2) is 0 Å². The molecule has 2 heteroatoms. The van der Waals surface area contributed by atoms with Crippen molar-refractivity contribution in [2.75, 3.05) is 0 Å². The third-order valence-corrected chi connectivity index (χ3v) is 13.1. The number of hydrogen-bond donors (Lipinski definition) is 0. The van der Waals surface area contributed by atoms with E-state index in [0.717, 1.165) is 66.1 Å². The molecule has 14 rings (SSSR count). The van der Waals surface area contributed by atoms with Crippen LogP contribution in [0.15, 0.2) is 203 Å². The summed E-state index contributed by atoms with van der Waals surface area (Å²) in [6, 6.07) is 70.8. The van der Waals surface area contributed by atoms with Crippen molar-refractivity contribution >= 4 is 119 Å². The van der Waals surface area contributed by atoms with Gasteiger partial charge in [-0.05, 0) is 135 Å². The first-order valence-corrected chi connectivity index (χ1v) is 20.6. The Balaban J connectivity index is 1.10. The standard InChI is InChI=1S/C58H32O2/c1-3-15-35-29-53-51(25-33(35)13-1)55-39-19-7-5-17-37(39)27-49(57(55)59-53)47-31-45-42-22-10-12-24-44(42)48(32-46(45)41-21-9-11-23-43(41)47)50-28-38-18-6-8-20-40(38)56-52-26-34-14-2-4-16-36(34)30-54(52)60-58(50)56/h1-32H. The predicted octanol–water partition coefficient (Wildman–Crippen LogP) is 16.9. The molecule has 14 aromatic rings. The van der Waals surface area contributed by atoms with Crippen LogP contribution in [-0.4, -0.2) is 0 Å². The van der Waals surface area contributed by atoms with E-state index in [0.29, 0.717) is 0 Å². The third-order valence-electron chi connectivity index (χ3n) is 13.1. The van der Waals surface area contributed by atoms with Gasteiger partial charge in [-0.2, -0.15) is 0 Å². The van der Waals surface area contributed by atoms with E-state index in [1.165, 1.54) is 75.4 Å². The Morgan fingerprint density at radius 3 is 0.967 bits per heavy atom. The average molecular weight is 761 g/mol. The Morgan fingerprint density at radius 2 is 0.550 bits per heavy atom. The summed E-state index contributed by atoms with van der Waals surface area (Å²) in [5.41, 5.74) is 8.16. The first-order chi connectivity index (χ1) is 29.7. The molecule has 276 valence electrons. The predicted molar refractivity (Wildman–Crippen MR) is 254 cm³/mol. The lowest BCUT2D eigenvalue weighted by atomic mass is 9.86. The molecule has 0 aliphatic carbocycles. The minimum absolute atomic E-state index is 0.905. The van der Waals surface area contributed by atoms with Crippen LogP contribution in [0.3, 0.4) is 0 Å². The molecule has 2 heterocycles. The molecule has 0 bridgehead atoms. The van der Waals surface area contributed by atoms with Crippen molar-refractivity contribution in [3.8, 4) is 22.3 Å². The second-order valence-electron chi connectivity index (χ2n) is 16.3. The summed E-state index contributed by atoms with van der Waals surface area (Å²) < 4.78 is 14.0. The van der Waals surface area contributed by atoms with Gasteiger partial charge in [0.05, 0.1) is 0 Å². The lowest BCUT2D eigenvalue weighted by Crippen LogP contribution is -1.90. The van der Waals surface area contributed by atoms with Gasteiger partial charge in [-0.15, -0.1) is 0 Å². The molecule has 60 heavy (non-hydrogen) atoms. The summed E-state index contributed by atoms with van der Waals surface area (Å²) in [7, 11) is 0. The molecule has 2 nitrogen and oxygen atoms in total. The van der Waals surface area contributed by atoms with Crippen LogP contribution < -0.4 is 0 Å². The summed E-state index contributed by atoms with van der Waals surface area (Å²) in [6.07, 6.45) is 0. The lowest BCUT2D eigenvalue weighted by Gasteiger charge is -2.17. The largest absolute Gasteiger partial charge is 0.455 e. The summed E-state index contributed by atoms with van der Waals surface area (Å²) in [6.45, 7) is 0. The van der Waals surface area contributed by atoms with Crippen molar-refractivity contribution in [1.29, 1.82) is 0 Å². The van der Waals surface area contributed by atoms with Crippen LogP contribution in [0.5, 0.6) is 0 Å². The molecule has 0 radical (unpaired) electrons. The molecule has 0 unspecified atom stereocenters. The van der Waals surface area contributed by atoms with Gasteiger partial charge in [0.2, 0.25) is 0 Å². The first kappa shape index (κ1) is 32.1. The Morgan fingerprint density at radius 1 is 0.217 bits per heavy atom. The van der Waals surface area contributed by atoms with Crippen molar-refractivity contribution in [2.45, 2.75) is 0 Å². The smallest absolute Gasteiger partial charge is 0.143 e. The van der Waals surface area contributed by atoms with Crippen molar-refractivity contribution < 1.29 is 8.83 Å². The van der Waals surface area contributed by atoms with Crippen LogP contribution in [-0.2, 0) is 0 Å². The van der Waals surface area contributed by atoms with Crippen molar-refractivity contribution in [3.05, 3.63) is 194 Å². The monoisotopic (exact) mass is 760 g/mol. The fourth-order valence-corrected chi connectivity index (χ4v) is 10.4. The maximum absolute atomic E-state index is 7.00. The highest BCUT2D eigenvalue weighted by molar-refractivity contribution is 6.30. The number of benzene rings is 12. The zero-order chi connectivity index (χ0) is 39.1. The minimum atomic E-state index is 0.905. The number of fused-ring (bicyclic) bond motifs is 17. The van der Waals surface area contributed by atoms with E-state index in [4.69, 9.17) is 8.83 Å². The molecule has 0 saturated carbocycles. The fraction of sp³-hybridized carbons (Fsp3) is 0. The zero-order valence-electron chi connectivity index (χ0n) is 32.3. The molecule has 0 spiro atoms. The van der Waals surface area contributed by atoms with Crippen molar-refractivity contribution in [3.63, 3.8) is 0 Å². The van der Waals surface area contributed by atoms with Gasteiger partial charge in [0.1, 0.15) is 22.3 Å². The van der Waals surface area contributed by atoms with E-state index >= 15 is 0 Å². The maximum Gasteiger partial charge on any atom is 0.143 e. The second kappa shape index (κ2) is 11.8. The normalized spacial score (nSPS) is 12.3. The number of hydrogen-bond acceptors (Lipinski definition) is 2. The van der Waals surface area contributed by atoms with E-state index in [1.807, 2.05) is 0 Å². The summed E-state index contributed by atoms with van der Waals surface area (Å²) in [5, 5.41) is 21.3. The van der Waals surface area contributed by atoms with E-state index in [2.05, 4.69) is 194 Å². The first-order valence-electron chi connectivity index (χ1n) is 20.6. The quantitative estimate of drug-likeness (QED) is 0.164. The Bertz CT molecular complexity index is 3910. The molecule has 0 N–H and O–H groups in total. The van der Waals surface area contributed by atoms with Crippen molar-refractivity contribution in [2.24, 2.45) is 0 Å². The fourth-order valence-electron chi connectivity index (χ4n) is 10.4. The topological polar surface area (TPSA) is 26.3 Å². The van der Waals surface area contributed by atoms with Gasteiger partial charge < -0.3 is 8.83 Å². The second-order valence-corrected chi connectivity index (χ2v) is 16.3. The van der Waals surface area contributed by atoms with Gasteiger partial charge in [-0.1, -0.05) is 146 Å². The SMILES string of the molecule is c1ccc2cc3c(cc2c1)oc1c(-c2cc4c5ccccc5c(-c5cc6ccccc6c6c5oc5cc7ccccc7cc56)cc4c4ccccc24)cc2ccccc2c13. The van der Waals surface area contributed by atoms with Crippen LogP contribution in [0.1, 0.15) is 0 Å². The minimum Gasteiger partial charge on any atom is -0.455 e. The maximum atomic E-state index is 7.00. The molecule has 2 aromatic heterocycles. The van der Waals surface area contributed by atoms with Gasteiger partial charge in [-0.3, -0.25) is 0 Å². The average Bonchev–Trinajstić information content (AvgIpc) is 3.87. The summed E-state index contributed by atoms with van der Waals surface area (Å²) in [5.74, 6) is 0. The molecule has 12 aromatic carbocycles. The highest BCUT2D eigenvalue weighted by atomic mass is 16.3. The van der Waals surface area contributed by atoms with Crippen molar-refractivity contribution in [1.82, 2.24) is 0 Å². The molecule has 0 aliphatic rings. The van der Waals surface area contributed by atoms with Crippen LogP contribution in [0.4, 0.5) is 0 Å². The summed E-state index contributed by atoms with van der Waals surface area (Å²) >= 11 is 0. The molecular formula is C58H32O2. The third kappa shape index (κ3) is 4.37. The molecule has 0 aliphatic heterocycles. The van der Waals surface area contributed by atoms with E-state index in [-0.39, 0.29) is 0 Å². The number of rotatable bonds is 2. The molecule has 0 fully saturated rings. The van der Waals surface area contributed by atoms with Crippen LogP contribution in [0.2, 0.25) is 0 Å². The Hall–Kier alpha value is -7.94. The molecule has 0 amide bonds. The highest BCUT2D eigenvalue weighted by Gasteiger charge is 2.23. The van der Waals surface area contributed by atoms with Crippen LogP contribution in [0.25, 0.3) is 142 Å².